The molecule has 2 N–H and O–H groups in total. The topological polar surface area (TPSA) is 74.7 Å². The minimum absolute atomic E-state index is 0.0417. The van der Waals surface area contributed by atoms with Gasteiger partial charge in [0.25, 0.3) is 0 Å². The van der Waals surface area contributed by atoms with Gasteiger partial charge in [-0.05, 0) is 44.1 Å². The van der Waals surface area contributed by atoms with Crippen LogP contribution in [0.3, 0.4) is 0 Å². The lowest BCUT2D eigenvalue weighted by atomic mass is 10.0. The van der Waals surface area contributed by atoms with Gasteiger partial charge in [0.1, 0.15) is 11.6 Å². The lowest BCUT2D eigenvalue weighted by Gasteiger charge is -2.29. The number of ether oxygens (including phenoxy) is 1. The monoisotopic (exact) mass is 341 g/mol. The Labute approximate surface area is 147 Å². The third-order valence-corrected chi connectivity index (χ3v) is 4.52. The number of methoxy groups -OCH3 is 1. The fraction of sp³-hybridized carbons (Fsp3) is 0.368. The van der Waals surface area contributed by atoms with Gasteiger partial charge in [-0.15, -0.1) is 0 Å². The second-order valence-electron chi connectivity index (χ2n) is 6.09. The van der Waals surface area contributed by atoms with Crippen molar-refractivity contribution in [3.8, 4) is 5.75 Å². The highest BCUT2D eigenvalue weighted by Crippen LogP contribution is 2.31. The van der Waals surface area contributed by atoms with Gasteiger partial charge in [-0.3, -0.25) is 4.90 Å². The molecule has 2 heterocycles. The van der Waals surface area contributed by atoms with E-state index in [-0.39, 0.29) is 11.7 Å². The van der Waals surface area contributed by atoms with Gasteiger partial charge in [0.05, 0.1) is 13.2 Å². The summed E-state index contributed by atoms with van der Waals surface area (Å²) in [5.41, 5.74) is 1.17. The number of hydrogen-bond donors (Lipinski definition) is 2. The molecule has 1 saturated heterocycles. The van der Waals surface area contributed by atoms with Gasteiger partial charge in [-0.2, -0.15) is 0 Å². The molecular weight excluding hydrogens is 318 g/mol. The predicted octanol–water partition coefficient (Wildman–Crippen LogP) is 3.04. The summed E-state index contributed by atoms with van der Waals surface area (Å²) >= 11 is 0. The smallest absolute Gasteiger partial charge is 0.354 e. The largest absolute Gasteiger partial charge is 0.496 e. The van der Waals surface area contributed by atoms with E-state index in [9.17, 15) is 4.79 Å². The van der Waals surface area contributed by atoms with Crippen molar-refractivity contribution in [3.63, 3.8) is 0 Å². The molecule has 1 aliphatic rings. The van der Waals surface area contributed by atoms with E-state index < -0.39 is 5.97 Å². The first-order chi connectivity index (χ1) is 12.2. The van der Waals surface area contributed by atoms with Crippen molar-refractivity contribution < 1.29 is 14.6 Å². The molecule has 0 spiro atoms. The van der Waals surface area contributed by atoms with Crippen molar-refractivity contribution >= 4 is 11.8 Å². The van der Waals surface area contributed by atoms with Crippen LogP contribution in [0.5, 0.6) is 5.75 Å². The maximum atomic E-state index is 11.1. The van der Waals surface area contributed by atoms with Gasteiger partial charge in [0.15, 0.2) is 5.69 Å². The zero-order valence-corrected chi connectivity index (χ0v) is 14.3. The van der Waals surface area contributed by atoms with E-state index in [0.717, 1.165) is 24.4 Å². The molecular formula is C19H23N3O3. The van der Waals surface area contributed by atoms with Crippen LogP contribution >= 0.6 is 0 Å². The summed E-state index contributed by atoms with van der Waals surface area (Å²) in [5.74, 6) is 0.414. The summed E-state index contributed by atoms with van der Waals surface area (Å²) in [5, 5.41) is 12.4. The van der Waals surface area contributed by atoms with E-state index in [2.05, 4.69) is 21.3 Å². The van der Waals surface area contributed by atoms with Gasteiger partial charge >= 0.3 is 5.97 Å². The number of likely N-dealkylation sites (tertiary alicyclic amines) is 1. The molecule has 6 nitrogen and oxygen atoms in total. The molecule has 0 amide bonds. The van der Waals surface area contributed by atoms with Crippen LogP contribution in [0.15, 0.2) is 42.5 Å². The summed E-state index contributed by atoms with van der Waals surface area (Å²) in [6.07, 6.45) is 2.39. The van der Waals surface area contributed by atoms with Crippen molar-refractivity contribution in [2.45, 2.75) is 18.9 Å². The van der Waals surface area contributed by atoms with Crippen LogP contribution in [-0.2, 0) is 0 Å². The second kappa shape index (κ2) is 7.98. The third kappa shape index (κ3) is 4.09. The number of nitrogens with zero attached hydrogens (tertiary/aromatic N) is 2. The Morgan fingerprint density at radius 1 is 1.24 bits per heavy atom. The van der Waals surface area contributed by atoms with E-state index in [1.165, 1.54) is 18.9 Å². The zero-order chi connectivity index (χ0) is 17.6. The number of pyridine rings is 1. The number of benzene rings is 1. The highest BCUT2D eigenvalue weighted by Gasteiger charge is 2.25. The first kappa shape index (κ1) is 17.2. The molecule has 2 aromatic rings. The number of rotatable bonds is 7. The van der Waals surface area contributed by atoms with Crippen LogP contribution in [0.25, 0.3) is 0 Å². The zero-order valence-electron chi connectivity index (χ0n) is 14.3. The van der Waals surface area contributed by atoms with E-state index in [1.807, 2.05) is 18.2 Å². The second-order valence-corrected chi connectivity index (χ2v) is 6.09. The number of carboxylic acids is 1. The Bertz CT molecular complexity index is 729. The van der Waals surface area contributed by atoms with E-state index in [4.69, 9.17) is 9.84 Å². The minimum atomic E-state index is -1.02. The molecule has 1 atom stereocenters. The average Bonchev–Trinajstić information content (AvgIpc) is 3.17. The molecule has 0 saturated carbocycles. The Balaban J connectivity index is 1.81. The molecule has 3 rings (SSSR count). The maximum Gasteiger partial charge on any atom is 0.354 e. The number of carboxylic acid groups (broad SMARTS) is 1. The van der Waals surface area contributed by atoms with Crippen LogP contribution in [0.1, 0.15) is 34.9 Å². The van der Waals surface area contributed by atoms with Crippen molar-refractivity contribution in [2.75, 3.05) is 32.1 Å². The fourth-order valence-electron chi connectivity index (χ4n) is 3.28. The van der Waals surface area contributed by atoms with Gasteiger partial charge in [-0.1, -0.05) is 24.3 Å². The maximum absolute atomic E-state index is 11.1. The van der Waals surface area contributed by atoms with Gasteiger partial charge in [0, 0.05) is 12.1 Å². The summed E-state index contributed by atoms with van der Waals surface area (Å²) < 4.78 is 5.54. The lowest BCUT2D eigenvalue weighted by molar-refractivity contribution is 0.0690. The molecule has 1 fully saturated rings. The number of hydrogen-bond acceptors (Lipinski definition) is 5. The number of aromatic carboxylic acids is 1. The predicted molar refractivity (Wildman–Crippen MR) is 96.2 cm³/mol. The summed E-state index contributed by atoms with van der Waals surface area (Å²) in [6.45, 7) is 2.73. The molecule has 25 heavy (non-hydrogen) atoms. The molecule has 1 unspecified atom stereocenters. The lowest BCUT2D eigenvalue weighted by Crippen LogP contribution is -2.31. The minimum Gasteiger partial charge on any atom is -0.496 e. The average molecular weight is 341 g/mol. The van der Waals surface area contributed by atoms with Crippen LogP contribution in [0.2, 0.25) is 0 Å². The number of aromatic nitrogens is 1. The number of anilines is 1. The molecule has 132 valence electrons. The van der Waals surface area contributed by atoms with Gasteiger partial charge in [0.2, 0.25) is 0 Å². The Kier molecular flexibility index (Phi) is 5.50. The van der Waals surface area contributed by atoms with Crippen molar-refractivity contribution in [1.82, 2.24) is 9.88 Å². The van der Waals surface area contributed by atoms with Crippen molar-refractivity contribution in [3.05, 3.63) is 53.7 Å². The highest BCUT2D eigenvalue weighted by molar-refractivity contribution is 5.85. The molecule has 0 aliphatic carbocycles. The van der Waals surface area contributed by atoms with Crippen LogP contribution in [0.4, 0.5) is 5.82 Å². The summed E-state index contributed by atoms with van der Waals surface area (Å²) in [7, 11) is 1.69. The van der Waals surface area contributed by atoms with E-state index in [0.29, 0.717) is 12.4 Å². The fourth-order valence-corrected chi connectivity index (χ4v) is 3.28. The van der Waals surface area contributed by atoms with Crippen LogP contribution in [0, 0.1) is 0 Å². The Morgan fingerprint density at radius 2 is 2.00 bits per heavy atom. The van der Waals surface area contributed by atoms with Crippen molar-refractivity contribution in [1.29, 1.82) is 0 Å². The Morgan fingerprint density at radius 3 is 2.72 bits per heavy atom. The standard InChI is InChI=1S/C19H23N3O3/c1-25-17-9-3-2-7-14(17)16(22-11-4-5-12-22)13-20-18-10-6-8-15(21-18)19(23)24/h2-3,6-10,16H,4-5,11-13H2,1H3,(H,20,21)(H,23,24). The van der Waals surface area contributed by atoms with Crippen LogP contribution < -0.4 is 10.1 Å². The first-order valence-corrected chi connectivity index (χ1v) is 8.50. The Hall–Kier alpha value is -2.60. The highest BCUT2D eigenvalue weighted by atomic mass is 16.5. The number of para-hydroxylation sites is 1. The molecule has 6 heteroatoms. The van der Waals surface area contributed by atoms with Gasteiger partial charge in [-0.25, -0.2) is 9.78 Å². The van der Waals surface area contributed by atoms with Gasteiger partial charge < -0.3 is 15.2 Å². The summed E-state index contributed by atoms with van der Waals surface area (Å²) in [6, 6.07) is 13.2. The molecule has 0 bridgehead atoms. The van der Waals surface area contributed by atoms with Crippen LogP contribution in [-0.4, -0.2) is 47.7 Å². The molecule has 0 radical (unpaired) electrons. The normalized spacial score (nSPS) is 15.7. The number of carbonyl (C=O) groups is 1. The molecule has 1 aromatic heterocycles. The van der Waals surface area contributed by atoms with E-state index in [1.54, 1.807) is 19.2 Å². The van der Waals surface area contributed by atoms with E-state index >= 15 is 0 Å². The SMILES string of the molecule is COc1ccccc1C(CNc1cccc(C(=O)O)n1)N1CCCC1. The first-order valence-electron chi connectivity index (χ1n) is 8.50. The summed E-state index contributed by atoms with van der Waals surface area (Å²) in [4.78, 5) is 17.7. The molecule has 1 aromatic carbocycles. The quantitative estimate of drug-likeness (QED) is 0.806. The third-order valence-electron chi connectivity index (χ3n) is 4.52. The molecule has 1 aliphatic heterocycles. The van der Waals surface area contributed by atoms with Crippen molar-refractivity contribution in [2.24, 2.45) is 0 Å². The number of nitrogens with one attached hydrogen (secondary N) is 1.